The minimum Gasteiger partial charge on any atom is -0.496 e. The largest absolute Gasteiger partial charge is 0.496 e. The molecule has 5 aromatic rings. The van der Waals surface area contributed by atoms with Crippen molar-refractivity contribution in [2.45, 2.75) is 6.61 Å². The molecule has 38 heavy (non-hydrogen) atoms. The zero-order valence-electron chi connectivity index (χ0n) is 20.2. The maximum atomic E-state index is 12.7. The van der Waals surface area contributed by atoms with Crippen LogP contribution in [0.15, 0.2) is 99.9 Å². The first-order chi connectivity index (χ1) is 18.5. The predicted octanol–water partition coefficient (Wildman–Crippen LogP) is 6.97. The molecule has 7 nitrogen and oxygen atoms in total. The van der Waals surface area contributed by atoms with Crippen molar-refractivity contribution < 1.29 is 18.7 Å². The fourth-order valence-corrected chi connectivity index (χ4v) is 4.46. The van der Waals surface area contributed by atoms with E-state index >= 15 is 0 Å². The summed E-state index contributed by atoms with van der Waals surface area (Å²) in [5, 5.41) is 5.89. The van der Waals surface area contributed by atoms with E-state index in [1.54, 1.807) is 49.6 Å². The molecule has 0 saturated heterocycles. The van der Waals surface area contributed by atoms with Gasteiger partial charge in [0, 0.05) is 16.8 Å². The van der Waals surface area contributed by atoms with Crippen LogP contribution in [-0.2, 0) is 6.61 Å². The van der Waals surface area contributed by atoms with Crippen molar-refractivity contribution in [1.29, 1.82) is 0 Å². The fraction of sp³-hybridized carbons (Fsp3) is 0.0690. The van der Waals surface area contributed by atoms with E-state index in [1.165, 1.54) is 0 Å². The lowest BCUT2D eigenvalue weighted by molar-refractivity contribution is 0.0977. The van der Waals surface area contributed by atoms with Gasteiger partial charge in [0.1, 0.15) is 23.6 Å². The van der Waals surface area contributed by atoms with E-state index in [0.717, 1.165) is 21.3 Å². The van der Waals surface area contributed by atoms with Gasteiger partial charge in [-0.25, -0.2) is 4.98 Å². The van der Waals surface area contributed by atoms with E-state index in [9.17, 15) is 4.79 Å². The second-order valence-corrected chi connectivity index (χ2v) is 9.52. The maximum absolute atomic E-state index is 12.7. The van der Waals surface area contributed by atoms with Gasteiger partial charge in [0.15, 0.2) is 10.7 Å². The Balaban J connectivity index is 1.19. The van der Waals surface area contributed by atoms with Gasteiger partial charge in [-0.1, -0.05) is 30.3 Å². The van der Waals surface area contributed by atoms with Gasteiger partial charge in [-0.05, 0) is 94.4 Å². The van der Waals surface area contributed by atoms with Crippen LogP contribution in [0.4, 0.5) is 5.69 Å². The van der Waals surface area contributed by atoms with Crippen molar-refractivity contribution in [2.75, 3.05) is 12.4 Å². The monoisotopic (exact) mass is 587 g/mol. The Morgan fingerprint density at radius 3 is 2.53 bits per heavy atom. The molecule has 1 amide bonds. The van der Waals surface area contributed by atoms with E-state index in [1.807, 2.05) is 48.5 Å². The standard InChI is InChI=1S/C29H22BrN3O4S/c1-35-25-13-9-20(15-23(25)30)28-32-24-16-21(10-14-26(24)37-28)31-29(38)33-27(34)19-7-11-22(12-8-19)36-17-18-5-3-2-4-6-18/h2-16H,17H2,1H3,(H2,31,33,34,38). The average molecular weight is 588 g/mol. The Labute approximate surface area is 232 Å². The van der Waals surface area contributed by atoms with Crippen molar-refractivity contribution in [3.63, 3.8) is 0 Å². The molecular weight excluding hydrogens is 566 g/mol. The summed E-state index contributed by atoms with van der Waals surface area (Å²) < 4.78 is 17.8. The molecule has 0 aliphatic rings. The smallest absolute Gasteiger partial charge is 0.257 e. The number of nitrogens with one attached hydrogen (secondary N) is 2. The number of rotatable bonds is 7. The van der Waals surface area contributed by atoms with E-state index in [2.05, 4.69) is 31.5 Å². The molecule has 1 aromatic heterocycles. The number of carbonyl (C=O) groups excluding carboxylic acids is 1. The molecular formula is C29H22BrN3O4S. The summed E-state index contributed by atoms with van der Waals surface area (Å²) >= 11 is 8.83. The summed E-state index contributed by atoms with van der Waals surface area (Å²) in [6.45, 7) is 0.454. The highest BCUT2D eigenvalue weighted by Gasteiger charge is 2.13. The van der Waals surface area contributed by atoms with E-state index in [-0.39, 0.29) is 11.0 Å². The number of amides is 1. The number of methoxy groups -OCH3 is 1. The molecule has 5 rings (SSSR count). The van der Waals surface area contributed by atoms with Crippen LogP contribution < -0.4 is 20.1 Å². The summed E-state index contributed by atoms with van der Waals surface area (Å²) in [6, 6.07) is 27.8. The first-order valence-electron chi connectivity index (χ1n) is 11.6. The van der Waals surface area contributed by atoms with Crippen molar-refractivity contribution in [2.24, 2.45) is 0 Å². The fourth-order valence-electron chi connectivity index (χ4n) is 3.71. The molecule has 0 spiro atoms. The second kappa shape index (κ2) is 11.5. The lowest BCUT2D eigenvalue weighted by Crippen LogP contribution is -2.34. The summed E-state index contributed by atoms with van der Waals surface area (Å²) in [4.78, 5) is 17.3. The molecule has 0 bridgehead atoms. The molecule has 0 unspecified atom stereocenters. The topological polar surface area (TPSA) is 85.6 Å². The van der Waals surface area contributed by atoms with Gasteiger partial charge in [-0.2, -0.15) is 0 Å². The Hall–Kier alpha value is -4.21. The third-order valence-electron chi connectivity index (χ3n) is 5.64. The van der Waals surface area contributed by atoms with Crippen LogP contribution >= 0.6 is 28.1 Å². The third-order valence-corrected chi connectivity index (χ3v) is 6.46. The number of anilines is 1. The van der Waals surface area contributed by atoms with Gasteiger partial charge < -0.3 is 19.2 Å². The molecule has 190 valence electrons. The third kappa shape index (κ3) is 6.01. The number of hydrogen-bond donors (Lipinski definition) is 2. The van der Waals surface area contributed by atoms with E-state index in [4.69, 9.17) is 26.1 Å². The number of nitrogens with zero attached hydrogens (tertiary/aromatic N) is 1. The molecule has 1 heterocycles. The SMILES string of the molecule is COc1ccc(-c2nc3cc(NC(=S)NC(=O)c4ccc(OCc5ccccc5)cc4)ccc3o2)cc1Br. The van der Waals surface area contributed by atoms with Gasteiger partial charge in [-0.15, -0.1) is 0 Å². The maximum Gasteiger partial charge on any atom is 0.257 e. The minimum absolute atomic E-state index is 0.168. The zero-order chi connectivity index (χ0) is 26.5. The molecule has 0 aliphatic carbocycles. The molecule has 0 atom stereocenters. The van der Waals surface area contributed by atoms with Crippen LogP contribution in [-0.4, -0.2) is 23.1 Å². The van der Waals surface area contributed by atoms with Crippen molar-refractivity contribution in [1.82, 2.24) is 10.3 Å². The quantitative estimate of drug-likeness (QED) is 0.199. The normalized spacial score (nSPS) is 10.7. The van der Waals surface area contributed by atoms with Crippen molar-refractivity contribution in [3.05, 3.63) is 107 Å². The van der Waals surface area contributed by atoms with Crippen LogP contribution in [0.2, 0.25) is 0 Å². The summed E-state index contributed by atoms with van der Waals surface area (Å²) in [7, 11) is 1.61. The number of ether oxygens (including phenoxy) is 2. The zero-order valence-corrected chi connectivity index (χ0v) is 22.6. The van der Waals surface area contributed by atoms with E-state index < -0.39 is 0 Å². The van der Waals surface area contributed by atoms with Crippen LogP contribution in [0.1, 0.15) is 15.9 Å². The summed E-state index contributed by atoms with van der Waals surface area (Å²) in [5.41, 5.74) is 4.29. The minimum atomic E-state index is -0.327. The van der Waals surface area contributed by atoms with Crippen LogP contribution in [0.5, 0.6) is 11.5 Å². The number of aromatic nitrogens is 1. The number of fused-ring (bicyclic) bond motifs is 1. The number of halogens is 1. The Morgan fingerprint density at radius 2 is 1.79 bits per heavy atom. The molecule has 0 radical (unpaired) electrons. The van der Waals surface area contributed by atoms with Gasteiger partial charge in [-0.3, -0.25) is 10.1 Å². The first kappa shape index (κ1) is 25.4. The number of benzene rings is 4. The lowest BCUT2D eigenvalue weighted by atomic mass is 10.2. The molecule has 2 N–H and O–H groups in total. The highest BCUT2D eigenvalue weighted by atomic mass is 79.9. The summed E-state index contributed by atoms with van der Waals surface area (Å²) in [6.07, 6.45) is 0. The summed E-state index contributed by atoms with van der Waals surface area (Å²) in [5.74, 6) is 1.55. The highest BCUT2D eigenvalue weighted by Crippen LogP contribution is 2.32. The number of thiocarbonyl (C=S) groups is 1. The first-order valence-corrected chi connectivity index (χ1v) is 12.8. The molecule has 0 aliphatic heterocycles. The van der Waals surface area contributed by atoms with Crippen molar-refractivity contribution in [3.8, 4) is 23.0 Å². The molecule has 0 fully saturated rings. The number of oxazole rings is 1. The lowest BCUT2D eigenvalue weighted by Gasteiger charge is -2.10. The average Bonchev–Trinajstić information content (AvgIpc) is 3.36. The number of hydrogen-bond acceptors (Lipinski definition) is 6. The highest BCUT2D eigenvalue weighted by molar-refractivity contribution is 9.10. The van der Waals surface area contributed by atoms with Gasteiger partial charge in [0.05, 0.1) is 11.6 Å². The van der Waals surface area contributed by atoms with Gasteiger partial charge in [0.25, 0.3) is 5.91 Å². The van der Waals surface area contributed by atoms with Crippen LogP contribution in [0.25, 0.3) is 22.6 Å². The van der Waals surface area contributed by atoms with Crippen molar-refractivity contribution >= 4 is 56.0 Å². The Kier molecular flexibility index (Phi) is 7.67. The molecule has 4 aromatic carbocycles. The number of carbonyl (C=O) groups is 1. The van der Waals surface area contributed by atoms with E-state index in [0.29, 0.717) is 40.6 Å². The van der Waals surface area contributed by atoms with Crippen LogP contribution in [0.3, 0.4) is 0 Å². The van der Waals surface area contributed by atoms with Gasteiger partial charge in [0.2, 0.25) is 5.89 Å². The molecule has 0 saturated carbocycles. The molecule has 9 heteroatoms. The second-order valence-electron chi connectivity index (χ2n) is 8.26. The van der Waals surface area contributed by atoms with Gasteiger partial charge >= 0.3 is 0 Å². The Bertz CT molecular complexity index is 1600. The predicted molar refractivity (Wildman–Crippen MR) is 155 cm³/mol. The Morgan fingerprint density at radius 1 is 1.00 bits per heavy atom. The van der Waals surface area contributed by atoms with Crippen LogP contribution in [0, 0.1) is 0 Å².